The number of imide groups is 1. The highest BCUT2D eigenvalue weighted by Gasteiger charge is 2.40. The fourth-order valence-corrected chi connectivity index (χ4v) is 18.3. The third-order valence-electron chi connectivity index (χ3n) is 23.3. The molecule has 47 heteroatoms. The number of benzene rings is 6. The molecule has 19 N–H and O–H groups in total. The number of nitrogen functional groups attached to an aromatic ring is 1. The van der Waals surface area contributed by atoms with Crippen LogP contribution in [-0.4, -0.2) is 315 Å². The number of hydrogen-bond donors (Lipinski definition) is 18. The van der Waals surface area contributed by atoms with E-state index in [1.54, 1.807) is 69.8 Å². The number of likely N-dealkylation sites (tertiary alicyclic amines) is 1. The molecule has 1 aliphatic carbocycles. The van der Waals surface area contributed by atoms with E-state index in [1.807, 2.05) is 42.5 Å². The number of nitrogens with two attached hydrogens (primary N) is 1. The minimum atomic E-state index is -5.17. The van der Waals surface area contributed by atoms with Crippen LogP contribution in [0.2, 0.25) is 0 Å². The number of phenols is 1. The van der Waals surface area contributed by atoms with Crippen LogP contribution in [-0.2, 0) is 93.8 Å². The van der Waals surface area contributed by atoms with Gasteiger partial charge in [0.05, 0.1) is 53.9 Å². The average molecular weight is 1940 g/mol. The molecule has 44 nitrogen and oxygen atoms in total. The van der Waals surface area contributed by atoms with Crippen molar-refractivity contribution in [1.82, 2.24) is 61.7 Å². The van der Waals surface area contributed by atoms with Gasteiger partial charge in [-0.1, -0.05) is 60.7 Å². The van der Waals surface area contributed by atoms with E-state index in [1.165, 1.54) is 0 Å². The van der Waals surface area contributed by atoms with Crippen LogP contribution in [0.25, 0.3) is 32.7 Å². The Labute approximate surface area is 780 Å². The van der Waals surface area contributed by atoms with Gasteiger partial charge in [0.15, 0.2) is 5.75 Å². The summed E-state index contributed by atoms with van der Waals surface area (Å²) in [6.07, 6.45) is 1.44. The van der Waals surface area contributed by atoms with Gasteiger partial charge in [0.25, 0.3) is 20.2 Å². The second-order valence-electron chi connectivity index (χ2n) is 33.3. The third kappa shape index (κ3) is 32.7. The molecule has 3 fully saturated rings. The van der Waals surface area contributed by atoms with Gasteiger partial charge in [-0.25, -0.2) is 14.4 Å². The number of nitrogens with one attached hydrogen (secondary N) is 8. The van der Waals surface area contributed by atoms with Gasteiger partial charge in [-0.2, -0.15) is 21.9 Å². The highest BCUT2D eigenvalue weighted by Crippen LogP contribution is 2.44. The lowest BCUT2D eigenvalue weighted by atomic mass is 9.81. The number of unbranched alkanes of at least 4 members (excludes halogenated alkanes) is 2. The minimum absolute atomic E-state index is 0.0148. The number of amides is 10. The van der Waals surface area contributed by atoms with Crippen molar-refractivity contribution in [1.29, 1.82) is 0 Å². The van der Waals surface area contributed by atoms with Crippen LogP contribution in [0.1, 0.15) is 107 Å². The maximum atomic E-state index is 14.6. The summed E-state index contributed by atoms with van der Waals surface area (Å²) in [5, 5.41) is 98.4. The molecule has 5 atom stereocenters. The van der Waals surface area contributed by atoms with E-state index in [9.17, 15) is 128 Å². The number of azo groups is 1. The Morgan fingerprint density at radius 1 is 0.519 bits per heavy atom. The van der Waals surface area contributed by atoms with E-state index in [-0.39, 0.29) is 184 Å². The Balaban J connectivity index is 0.756. The Hall–Kier alpha value is -12.9. The Morgan fingerprint density at radius 3 is 1.62 bits per heavy atom. The lowest BCUT2D eigenvalue weighted by molar-refractivity contribution is -0.141. The van der Waals surface area contributed by atoms with E-state index < -0.39 is 191 Å². The summed E-state index contributed by atoms with van der Waals surface area (Å²) in [6.45, 7) is 2.88. The summed E-state index contributed by atoms with van der Waals surface area (Å²) in [7, 11) is -10.3. The number of fused-ring (bicyclic) bond motifs is 2. The highest BCUT2D eigenvalue weighted by molar-refractivity contribution is 8.01. The number of phenolic OH excluding ortho intramolecular Hbond substituents is 1. The molecule has 6 aromatic carbocycles. The number of hydrogen-bond acceptors (Lipinski definition) is 28. The summed E-state index contributed by atoms with van der Waals surface area (Å²) in [4.78, 5) is 198. The van der Waals surface area contributed by atoms with E-state index in [2.05, 4.69) is 52.8 Å². The molecule has 2 saturated heterocycles. The second kappa shape index (κ2) is 49.9. The lowest BCUT2D eigenvalue weighted by Crippen LogP contribution is -2.51. The minimum Gasteiger partial charge on any atom is -0.505 e. The number of carbonyl (C=O) groups excluding carboxylic acids is 9. The largest absolute Gasteiger partial charge is 0.505 e. The van der Waals surface area contributed by atoms with Gasteiger partial charge >= 0.3 is 41.8 Å². The number of nitrogens with zero attached hydrogens (tertiary/aromatic N) is 7. The van der Waals surface area contributed by atoms with Gasteiger partial charge in [0.2, 0.25) is 47.3 Å². The SMILES string of the molecule is Cc1cc(-c2ccc(NC(=O)[C@H](CCCCNC(=O)CCN3C(=O)CC(SCC(=O)NCC4CCC(C(=O)N[C@H](Cc5ccc6ccccc6c5)C(=O)NCCCC[C@H](NC(=O)N[C@@H](CCC(=O)O)C(=O)O)C(=O)O)CC4)C3=O)NC(=O)CN3CCN(CC(=O)O)CCN(CC(=O)O)CCN(CC(=O)O)CC3)c(C)c2)ccc1N=Nc1ccc2c(S(=O)(=O)O)cc(S(=O)(=O)O)c(N)c2c1O. The molecule has 0 bridgehead atoms. The van der Waals surface area contributed by atoms with Crippen molar-refractivity contribution < 1.29 is 134 Å². The maximum absolute atomic E-state index is 14.6. The first-order chi connectivity index (χ1) is 64.0. The highest BCUT2D eigenvalue weighted by atomic mass is 32.2. The zero-order chi connectivity index (χ0) is 98.5. The van der Waals surface area contributed by atoms with Crippen molar-refractivity contribution >= 4 is 165 Å². The molecule has 6 aromatic rings. The summed E-state index contributed by atoms with van der Waals surface area (Å²) in [6, 6.07) is 19.7. The summed E-state index contributed by atoms with van der Waals surface area (Å²) >= 11 is 0.979. The first kappa shape index (κ1) is 106. The van der Waals surface area contributed by atoms with Crippen LogP contribution in [0.15, 0.2) is 117 Å². The van der Waals surface area contributed by atoms with Crippen LogP contribution >= 0.6 is 11.8 Å². The normalized spacial score (nSPS) is 17.2. The summed E-state index contributed by atoms with van der Waals surface area (Å²) in [5.41, 5.74) is 8.81. The zero-order valence-electron chi connectivity index (χ0n) is 74.1. The lowest BCUT2D eigenvalue weighted by Gasteiger charge is -2.33. The zero-order valence-corrected chi connectivity index (χ0v) is 76.6. The number of carboxylic acids is 6. The van der Waals surface area contributed by atoms with E-state index in [0.717, 1.165) is 45.1 Å². The Morgan fingerprint density at radius 2 is 1.06 bits per heavy atom. The number of aromatic hydroxyl groups is 1. The molecule has 0 aromatic heterocycles. The number of urea groups is 1. The molecule has 9 rings (SSSR count). The van der Waals surface area contributed by atoms with Crippen molar-refractivity contribution in [3.63, 3.8) is 0 Å². The number of thioether (sulfide) groups is 1. The monoisotopic (exact) mass is 1940 g/mol. The number of aliphatic carboxylic acids is 6. The van der Waals surface area contributed by atoms with Crippen molar-refractivity contribution in [2.45, 2.75) is 149 Å². The molecule has 3 aliphatic rings. The summed E-state index contributed by atoms with van der Waals surface area (Å²) < 4.78 is 68.6. The first-order valence-corrected chi connectivity index (χ1v) is 47.5. The fourth-order valence-electron chi connectivity index (χ4n) is 15.9. The molecule has 0 spiro atoms. The summed E-state index contributed by atoms with van der Waals surface area (Å²) in [5.74, 6) is -13.3. The van der Waals surface area contributed by atoms with Gasteiger partial charge in [-0.3, -0.25) is 91.1 Å². The molecule has 1 saturated carbocycles. The average Bonchev–Trinajstić information content (AvgIpc) is 1.18. The van der Waals surface area contributed by atoms with Crippen molar-refractivity contribution in [3.8, 4) is 16.9 Å². The predicted octanol–water partition coefficient (Wildman–Crippen LogP) is 3.92. The predicted molar refractivity (Wildman–Crippen MR) is 490 cm³/mol. The van der Waals surface area contributed by atoms with Crippen molar-refractivity contribution in [2.24, 2.45) is 22.1 Å². The first-order valence-electron chi connectivity index (χ1n) is 43.6. The Kier molecular flexibility index (Phi) is 39.1. The molecule has 10 amide bonds. The van der Waals surface area contributed by atoms with E-state index in [0.29, 0.717) is 59.7 Å². The van der Waals surface area contributed by atoms with Crippen molar-refractivity contribution in [2.75, 3.05) is 122 Å². The van der Waals surface area contributed by atoms with Crippen molar-refractivity contribution in [3.05, 3.63) is 114 Å². The molecule has 135 heavy (non-hydrogen) atoms. The molecule has 2 heterocycles. The second-order valence-corrected chi connectivity index (χ2v) is 37.3. The van der Waals surface area contributed by atoms with Gasteiger partial charge < -0.3 is 84.0 Å². The standard InChI is InChI=1S/C88H112N16O28S3/c1-51-39-58(59-20-23-62(52(2)40-59)98-99-63-24-21-60-69(134(127,128)129)44-70(135(130,131)132)80(89)79(60)81(63)117)19-22-61(51)94-84(120)64(93-72(106)46-100-31-33-101(47-76(111)112)35-37-103(49-78(115)116)38-36-102(34-32-100)48-77(113)114)11-5-7-28-90-71(105)27-30-104-74(108)43-68(85(104)121)133-50-73(107)92-45-53-13-17-56(18-14-53)82(118)95-67(42-54-15-16-55-9-3-4-10-57(55)41-54)83(119)91-29-8-6-12-65(86(122)123)96-88(126)97-66(87(124)125)25-26-75(109)110/h3-4,9-10,15-16,19-24,39-41,44,53,56,64-68,117H,5-8,11-14,17-18,25-38,42-43,45-50,89H2,1-2H3,(H,90,105)(H,91,119)(H,92,107)(H,93,106)(H,94,120)(H,95,118)(H,109,110)(H,111,112)(H,113,114)(H,115,116)(H,122,123)(H,124,125)(H2,96,97,126)(H,127,128,129)(H,130,131,132)/t53?,56?,64-,65-,66-,67+,68?/m0/s1. The van der Waals surface area contributed by atoms with Gasteiger partial charge in [-0.05, 0) is 165 Å². The van der Waals surface area contributed by atoms with Crippen LogP contribution in [0, 0.1) is 25.7 Å². The molecule has 1 unspecified atom stereocenters. The number of anilines is 2. The number of aryl methyl sites for hydroxylation is 2. The molecule has 0 radical (unpaired) electrons. The smallest absolute Gasteiger partial charge is 0.326 e. The van der Waals surface area contributed by atoms with E-state index >= 15 is 0 Å². The van der Waals surface area contributed by atoms with Gasteiger partial charge in [0.1, 0.15) is 39.6 Å². The molecule has 730 valence electrons. The van der Waals surface area contributed by atoms with Gasteiger partial charge in [0, 0.05) is 121 Å². The van der Waals surface area contributed by atoms with Gasteiger partial charge in [-0.15, -0.1) is 16.9 Å². The Bertz CT molecular complexity index is 5650. The molecular weight excluding hydrogens is 1830 g/mol. The third-order valence-corrected chi connectivity index (χ3v) is 26.3. The van der Waals surface area contributed by atoms with Crippen LogP contribution in [0.5, 0.6) is 5.75 Å². The van der Waals surface area contributed by atoms with Crippen LogP contribution in [0.4, 0.5) is 27.5 Å². The molecule has 2 aliphatic heterocycles. The maximum Gasteiger partial charge on any atom is 0.326 e. The van der Waals surface area contributed by atoms with Crippen LogP contribution < -0.4 is 48.3 Å². The topological polar surface area (TPSA) is 670 Å². The number of carbonyl (C=O) groups is 15. The quantitative estimate of drug-likeness (QED) is 0.00846. The fraction of sp³-hybridized carbons (Fsp3) is 0.466. The van der Waals surface area contributed by atoms with E-state index in [4.69, 9.17) is 10.8 Å². The number of carboxylic acid groups (broad SMARTS) is 6. The molecular formula is C88H112N16O28S3. The van der Waals surface area contributed by atoms with Crippen LogP contribution in [0.3, 0.4) is 0 Å². The number of rotatable bonds is 46.